The smallest absolute Gasteiger partial charge is 0.0463 e. The fraction of sp³-hybridized carbons (Fsp3) is 0.538. The molecule has 0 heterocycles. The van der Waals surface area contributed by atoms with Crippen molar-refractivity contribution in [2.45, 2.75) is 32.2 Å². The standard InChI is InChI=1S/C13H18BrCl2N/c1-9(2)5-12(15)8-17-7-10-3-4-11(14)6-13(10)16/h3-4,6,9,12,17H,5,7-8H2,1-2H3. The molecule has 1 rings (SSSR count). The van der Waals surface area contributed by atoms with Crippen LogP contribution < -0.4 is 5.32 Å². The van der Waals surface area contributed by atoms with E-state index in [-0.39, 0.29) is 5.38 Å². The summed E-state index contributed by atoms with van der Waals surface area (Å²) in [4.78, 5) is 0. The van der Waals surface area contributed by atoms with Crippen molar-refractivity contribution in [2.24, 2.45) is 5.92 Å². The van der Waals surface area contributed by atoms with E-state index in [0.717, 1.165) is 34.6 Å². The zero-order valence-corrected chi connectivity index (χ0v) is 13.2. The van der Waals surface area contributed by atoms with Crippen molar-refractivity contribution < 1.29 is 0 Å². The number of nitrogens with one attached hydrogen (secondary N) is 1. The molecule has 0 bridgehead atoms. The van der Waals surface area contributed by atoms with Crippen molar-refractivity contribution in [2.75, 3.05) is 6.54 Å². The Balaban J connectivity index is 2.35. The minimum atomic E-state index is 0.184. The summed E-state index contributed by atoms with van der Waals surface area (Å²) in [5.74, 6) is 0.635. The molecule has 17 heavy (non-hydrogen) atoms. The van der Waals surface area contributed by atoms with Gasteiger partial charge in [-0.3, -0.25) is 0 Å². The Bertz CT molecular complexity index is 355. The van der Waals surface area contributed by atoms with Crippen molar-refractivity contribution in [3.8, 4) is 0 Å². The van der Waals surface area contributed by atoms with E-state index in [1.165, 1.54) is 0 Å². The van der Waals surface area contributed by atoms with Crippen LogP contribution in [0.3, 0.4) is 0 Å². The zero-order chi connectivity index (χ0) is 12.8. The monoisotopic (exact) mass is 337 g/mol. The largest absolute Gasteiger partial charge is 0.311 e. The molecule has 96 valence electrons. The molecule has 1 aromatic rings. The predicted molar refractivity (Wildman–Crippen MR) is 80.0 cm³/mol. The molecule has 1 unspecified atom stereocenters. The van der Waals surface area contributed by atoms with Crippen LogP contribution in [0.5, 0.6) is 0 Å². The highest BCUT2D eigenvalue weighted by Gasteiger charge is 2.07. The molecule has 1 N–H and O–H groups in total. The maximum absolute atomic E-state index is 6.20. The molecular formula is C13H18BrCl2N. The molecule has 0 amide bonds. The van der Waals surface area contributed by atoms with Gasteiger partial charge in [0.25, 0.3) is 0 Å². The summed E-state index contributed by atoms with van der Waals surface area (Å²) in [6.07, 6.45) is 1.03. The molecule has 0 fully saturated rings. The van der Waals surface area contributed by atoms with Crippen molar-refractivity contribution in [1.82, 2.24) is 5.32 Å². The minimum Gasteiger partial charge on any atom is -0.311 e. The summed E-state index contributed by atoms with van der Waals surface area (Å²) in [7, 11) is 0. The van der Waals surface area contributed by atoms with Crippen molar-refractivity contribution >= 4 is 39.1 Å². The summed E-state index contributed by atoms with van der Waals surface area (Å²) >= 11 is 15.7. The minimum absolute atomic E-state index is 0.184. The summed E-state index contributed by atoms with van der Waals surface area (Å²) in [5, 5.41) is 4.30. The van der Waals surface area contributed by atoms with E-state index in [1.54, 1.807) is 0 Å². The Morgan fingerprint density at radius 1 is 1.35 bits per heavy atom. The van der Waals surface area contributed by atoms with Crippen molar-refractivity contribution in [3.05, 3.63) is 33.3 Å². The summed E-state index contributed by atoms with van der Waals surface area (Å²) in [5.41, 5.74) is 1.10. The number of benzene rings is 1. The Morgan fingerprint density at radius 3 is 2.65 bits per heavy atom. The van der Waals surface area contributed by atoms with Gasteiger partial charge in [-0.05, 0) is 30.0 Å². The van der Waals surface area contributed by atoms with E-state index in [2.05, 4.69) is 35.1 Å². The lowest BCUT2D eigenvalue weighted by Crippen LogP contribution is -2.24. The van der Waals surface area contributed by atoms with Crippen LogP contribution in [0.25, 0.3) is 0 Å². The Labute approximate surface area is 122 Å². The lowest BCUT2D eigenvalue weighted by atomic mass is 10.1. The van der Waals surface area contributed by atoms with Crippen LogP contribution in [0.2, 0.25) is 5.02 Å². The molecule has 1 atom stereocenters. The highest BCUT2D eigenvalue weighted by Crippen LogP contribution is 2.21. The van der Waals surface area contributed by atoms with E-state index < -0.39 is 0 Å². The van der Waals surface area contributed by atoms with Crippen LogP contribution in [0.4, 0.5) is 0 Å². The Kier molecular flexibility index (Phi) is 6.86. The van der Waals surface area contributed by atoms with Gasteiger partial charge in [-0.2, -0.15) is 0 Å². The van der Waals surface area contributed by atoms with Crippen molar-refractivity contribution in [3.63, 3.8) is 0 Å². The molecule has 0 spiro atoms. The van der Waals surface area contributed by atoms with Gasteiger partial charge in [0.05, 0.1) is 0 Å². The molecule has 0 radical (unpaired) electrons. The molecular weight excluding hydrogens is 321 g/mol. The first-order chi connectivity index (χ1) is 7.99. The van der Waals surface area contributed by atoms with Gasteiger partial charge in [-0.1, -0.05) is 47.4 Å². The molecule has 0 aliphatic rings. The van der Waals surface area contributed by atoms with Gasteiger partial charge in [-0.15, -0.1) is 11.6 Å². The molecule has 0 aliphatic carbocycles. The third-order valence-corrected chi connectivity index (χ3v) is 3.60. The molecule has 1 aromatic carbocycles. The fourth-order valence-corrected chi connectivity index (χ4v) is 2.83. The normalized spacial score (nSPS) is 13.1. The van der Waals surface area contributed by atoms with Gasteiger partial charge < -0.3 is 5.32 Å². The van der Waals surface area contributed by atoms with Crippen LogP contribution in [0, 0.1) is 5.92 Å². The second-order valence-electron chi connectivity index (χ2n) is 4.59. The number of halogens is 3. The number of rotatable bonds is 6. The molecule has 4 heteroatoms. The SMILES string of the molecule is CC(C)CC(Cl)CNCc1ccc(Br)cc1Cl. The number of hydrogen-bond acceptors (Lipinski definition) is 1. The summed E-state index contributed by atoms with van der Waals surface area (Å²) in [6, 6.07) is 5.92. The predicted octanol–water partition coefficient (Wildman–Crippen LogP) is 4.85. The second kappa shape index (κ2) is 7.63. The quantitative estimate of drug-likeness (QED) is 0.731. The average molecular weight is 339 g/mol. The van der Waals surface area contributed by atoms with Gasteiger partial charge in [-0.25, -0.2) is 0 Å². The van der Waals surface area contributed by atoms with E-state index in [4.69, 9.17) is 23.2 Å². The highest BCUT2D eigenvalue weighted by atomic mass is 79.9. The lowest BCUT2D eigenvalue weighted by molar-refractivity contribution is 0.533. The maximum Gasteiger partial charge on any atom is 0.0463 e. The molecule has 0 aromatic heterocycles. The van der Waals surface area contributed by atoms with E-state index in [9.17, 15) is 0 Å². The topological polar surface area (TPSA) is 12.0 Å². The van der Waals surface area contributed by atoms with Crippen LogP contribution in [-0.2, 0) is 6.54 Å². The van der Waals surface area contributed by atoms with Crippen LogP contribution in [0.15, 0.2) is 22.7 Å². The first-order valence-electron chi connectivity index (χ1n) is 5.77. The highest BCUT2D eigenvalue weighted by molar-refractivity contribution is 9.10. The van der Waals surface area contributed by atoms with Crippen LogP contribution in [-0.4, -0.2) is 11.9 Å². The van der Waals surface area contributed by atoms with Gasteiger partial charge in [0.2, 0.25) is 0 Å². The second-order valence-corrected chi connectivity index (χ2v) is 6.53. The molecule has 1 nitrogen and oxygen atoms in total. The third-order valence-electron chi connectivity index (χ3n) is 2.42. The molecule has 0 saturated carbocycles. The Hall–Kier alpha value is 0.240. The Morgan fingerprint density at radius 2 is 2.06 bits per heavy atom. The third kappa shape index (κ3) is 6.10. The van der Waals surface area contributed by atoms with E-state index in [0.29, 0.717) is 5.92 Å². The van der Waals surface area contributed by atoms with Crippen LogP contribution in [0.1, 0.15) is 25.8 Å². The van der Waals surface area contributed by atoms with Gasteiger partial charge in [0, 0.05) is 28.0 Å². The first kappa shape index (κ1) is 15.3. The number of hydrogen-bond donors (Lipinski definition) is 1. The van der Waals surface area contributed by atoms with Gasteiger partial charge >= 0.3 is 0 Å². The fourth-order valence-electron chi connectivity index (χ4n) is 1.62. The van der Waals surface area contributed by atoms with Gasteiger partial charge in [0.1, 0.15) is 0 Å². The first-order valence-corrected chi connectivity index (χ1v) is 7.38. The zero-order valence-electron chi connectivity index (χ0n) is 10.1. The maximum atomic E-state index is 6.20. The number of alkyl halides is 1. The lowest BCUT2D eigenvalue weighted by Gasteiger charge is -2.13. The summed E-state index contributed by atoms with van der Waals surface area (Å²) in [6.45, 7) is 5.93. The van der Waals surface area contributed by atoms with E-state index >= 15 is 0 Å². The van der Waals surface area contributed by atoms with Crippen molar-refractivity contribution in [1.29, 1.82) is 0 Å². The molecule has 0 saturated heterocycles. The average Bonchev–Trinajstić information content (AvgIpc) is 2.20. The van der Waals surface area contributed by atoms with Gasteiger partial charge in [0.15, 0.2) is 0 Å². The molecule has 0 aliphatic heterocycles. The van der Waals surface area contributed by atoms with E-state index in [1.807, 2.05) is 18.2 Å². The van der Waals surface area contributed by atoms with Crippen LogP contribution >= 0.6 is 39.1 Å². The summed E-state index contributed by atoms with van der Waals surface area (Å²) < 4.78 is 1.00.